The zero-order valence-electron chi connectivity index (χ0n) is 19.2. The number of piperazine rings is 1. The lowest BCUT2D eigenvalue weighted by Crippen LogP contribution is -2.53. The Kier molecular flexibility index (Phi) is 5.73. The number of halogens is 1. The van der Waals surface area contributed by atoms with Crippen LogP contribution >= 0.6 is 0 Å². The molecule has 0 spiro atoms. The third-order valence-electron chi connectivity index (χ3n) is 6.92. The lowest BCUT2D eigenvalue weighted by atomic mass is 10.0. The summed E-state index contributed by atoms with van der Waals surface area (Å²) < 4.78 is 15.1. The zero-order chi connectivity index (χ0) is 23.9. The van der Waals surface area contributed by atoms with E-state index in [-0.39, 0.29) is 17.4 Å². The SMILES string of the molecule is CNC1=c2ccc(-c3ccc(C(=O)N4CCN(C(=O)C5(O)CC5)CC4)c(F)c3)cc2=CC=CC1. The monoisotopic (exact) mass is 461 g/mol. The third-order valence-corrected chi connectivity index (χ3v) is 6.92. The predicted molar refractivity (Wildman–Crippen MR) is 128 cm³/mol. The minimum atomic E-state index is -1.20. The highest BCUT2D eigenvalue weighted by molar-refractivity contribution is 5.95. The molecule has 2 fully saturated rings. The van der Waals surface area contributed by atoms with Crippen LogP contribution in [0.15, 0.2) is 48.6 Å². The van der Waals surface area contributed by atoms with Gasteiger partial charge in [0.2, 0.25) is 0 Å². The number of carbonyl (C=O) groups is 2. The average Bonchev–Trinajstić information content (AvgIpc) is 3.65. The second-order valence-corrected chi connectivity index (χ2v) is 9.14. The van der Waals surface area contributed by atoms with E-state index in [1.165, 1.54) is 12.1 Å². The van der Waals surface area contributed by atoms with E-state index in [9.17, 15) is 14.7 Å². The summed E-state index contributed by atoms with van der Waals surface area (Å²) in [7, 11) is 1.91. The summed E-state index contributed by atoms with van der Waals surface area (Å²) in [4.78, 5) is 28.4. The summed E-state index contributed by atoms with van der Waals surface area (Å²) in [6, 6.07) is 10.8. The quantitative estimate of drug-likeness (QED) is 0.722. The Balaban J connectivity index is 1.33. The molecule has 2 aromatic carbocycles. The van der Waals surface area contributed by atoms with Gasteiger partial charge in [-0.2, -0.15) is 0 Å². The number of amides is 2. The molecular weight excluding hydrogens is 433 g/mol. The van der Waals surface area contributed by atoms with Crippen LogP contribution in [0.1, 0.15) is 29.6 Å². The van der Waals surface area contributed by atoms with Crippen LogP contribution in [-0.4, -0.2) is 65.5 Å². The van der Waals surface area contributed by atoms with Crippen LogP contribution < -0.4 is 15.8 Å². The van der Waals surface area contributed by atoms with Crippen molar-refractivity contribution in [3.63, 3.8) is 0 Å². The maximum absolute atomic E-state index is 15.1. The lowest BCUT2D eigenvalue weighted by Gasteiger charge is -2.35. The lowest BCUT2D eigenvalue weighted by molar-refractivity contribution is -0.143. The molecule has 1 saturated heterocycles. The van der Waals surface area contributed by atoms with E-state index in [0.717, 1.165) is 28.1 Å². The minimum Gasteiger partial charge on any atom is -0.391 e. The molecule has 1 saturated carbocycles. The summed E-state index contributed by atoms with van der Waals surface area (Å²) in [5.41, 5.74) is 1.54. The van der Waals surface area contributed by atoms with Gasteiger partial charge in [-0.3, -0.25) is 9.59 Å². The molecule has 1 heterocycles. The van der Waals surface area contributed by atoms with Crippen molar-refractivity contribution in [1.82, 2.24) is 15.1 Å². The van der Waals surface area contributed by atoms with E-state index < -0.39 is 11.4 Å². The first-order valence-corrected chi connectivity index (χ1v) is 11.7. The Morgan fingerprint density at radius 3 is 2.35 bits per heavy atom. The summed E-state index contributed by atoms with van der Waals surface area (Å²) in [6.45, 7) is 1.33. The Bertz CT molecular complexity index is 1300. The van der Waals surface area contributed by atoms with E-state index in [2.05, 4.69) is 11.4 Å². The number of carbonyl (C=O) groups excluding carboxylic acids is 2. The van der Waals surface area contributed by atoms with Crippen LogP contribution in [0, 0.1) is 5.82 Å². The number of allylic oxidation sites excluding steroid dienone is 1. The normalized spacial score (nSPS) is 18.6. The molecule has 2 aliphatic carbocycles. The van der Waals surface area contributed by atoms with Crippen LogP contribution in [-0.2, 0) is 4.79 Å². The maximum Gasteiger partial charge on any atom is 0.256 e. The highest BCUT2D eigenvalue weighted by atomic mass is 19.1. The molecule has 0 unspecified atom stereocenters. The predicted octanol–water partition coefficient (Wildman–Crippen LogP) is 1.37. The standard InChI is InChI=1S/C27H28FN3O3/c1-29-24-5-3-2-4-20-16-18(6-8-21(20)24)19-7-9-22(23(28)17-19)25(32)30-12-14-31(15-13-30)26(33)27(34)10-11-27/h2-4,6-9,16-17,29,34H,5,10-15H2,1H3. The largest absolute Gasteiger partial charge is 0.391 e. The van der Waals surface area contributed by atoms with Crippen molar-refractivity contribution in [1.29, 1.82) is 0 Å². The van der Waals surface area contributed by atoms with E-state index in [4.69, 9.17) is 0 Å². The number of benzene rings is 2. The number of hydrogen-bond donors (Lipinski definition) is 2. The molecule has 3 aliphatic rings. The molecule has 6 nitrogen and oxygen atoms in total. The Labute approximate surface area is 197 Å². The van der Waals surface area contributed by atoms with Crippen LogP contribution in [0.25, 0.3) is 22.9 Å². The molecule has 1 aliphatic heterocycles. The number of rotatable bonds is 4. The van der Waals surface area contributed by atoms with Crippen molar-refractivity contribution in [2.45, 2.75) is 24.9 Å². The van der Waals surface area contributed by atoms with Gasteiger partial charge in [0, 0.05) is 50.6 Å². The van der Waals surface area contributed by atoms with E-state index in [0.29, 0.717) is 44.6 Å². The summed E-state index contributed by atoms with van der Waals surface area (Å²) in [6.07, 6.45) is 7.98. The average molecular weight is 462 g/mol. The van der Waals surface area contributed by atoms with E-state index in [1.807, 2.05) is 37.4 Å². The second-order valence-electron chi connectivity index (χ2n) is 9.14. The molecule has 2 N–H and O–H groups in total. The maximum atomic E-state index is 15.1. The molecule has 2 aromatic rings. The van der Waals surface area contributed by atoms with Gasteiger partial charge in [-0.15, -0.1) is 0 Å². The minimum absolute atomic E-state index is 0.0272. The highest BCUT2D eigenvalue weighted by Crippen LogP contribution is 2.37. The molecule has 2 amide bonds. The molecule has 34 heavy (non-hydrogen) atoms. The Morgan fingerprint density at radius 2 is 1.68 bits per heavy atom. The van der Waals surface area contributed by atoms with Crippen LogP contribution in [0.3, 0.4) is 0 Å². The highest BCUT2D eigenvalue weighted by Gasteiger charge is 2.50. The summed E-state index contributed by atoms with van der Waals surface area (Å²) in [5, 5.41) is 15.5. The van der Waals surface area contributed by atoms with E-state index >= 15 is 4.39 Å². The Morgan fingerprint density at radius 1 is 1.00 bits per heavy atom. The van der Waals surface area contributed by atoms with Gasteiger partial charge in [0.25, 0.3) is 11.8 Å². The van der Waals surface area contributed by atoms with Crippen molar-refractivity contribution in [3.8, 4) is 11.1 Å². The topological polar surface area (TPSA) is 72.9 Å². The second kappa shape index (κ2) is 8.72. The first-order chi connectivity index (χ1) is 16.4. The fraction of sp³-hybridized carbons (Fsp3) is 0.333. The summed E-state index contributed by atoms with van der Waals surface area (Å²) in [5.74, 6) is -1.20. The van der Waals surface area contributed by atoms with Gasteiger partial charge >= 0.3 is 0 Å². The van der Waals surface area contributed by atoms with Crippen LogP contribution in [0.2, 0.25) is 0 Å². The molecule has 7 heteroatoms. The number of nitrogens with one attached hydrogen (secondary N) is 1. The molecular formula is C27H28FN3O3. The van der Waals surface area contributed by atoms with Crippen molar-refractivity contribution in [2.75, 3.05) is 33.2 Å². The van der Waals surface area contributed by atoms with E-state index in [1.54, 1.807) is 15.9 Å². The van der Waals surface area contributed by atoms with Crippen molar-refractivity contribution < 1.29 is 19.1 Å². The van der Waals surface area contributed by atoms with Gasteiger partial charge < -0.3 is 20.2 Å². The number of nitrogens with zero attached hydrogens (tertiary/aromatic N) is 2. The van der Waals surface area contributed by atoms with Crippen molar-refractivity contribution in [2.24, 2.45) is 0 Å². The number of hydrogen-bond acceptors (Lipinski definition) is 4. The molecule has 5 rings (SSSR count). The smallest absolute Gasteiger partial charge is 0.256 e. The number of fused-ring (bicyclic) bond motifs is 1. The third kappa shape index (κ3) is 4.12. The van der Waals surface area contributed by atoms with Gasteiger partial charge in [0.05, 0.1) is 5.56 Å². The van der Waals surface area contributed by atoms with Crippen molar-refractivity contribution >= 4 is 23.6 Å². The van der Waals surface area contributed by atoms with Gasteiger partial charge in [-0.25, -0.2) is 4.39 Å². The first kappa shape index (κ1) is 22.3. The molecule has 0 bridgehead atoms. The Hall–Kier alpha value is -3.45. The van der Waals surface area contributed by atoms with Gasteiger partial charge in [0.1, 0.15) is 11.4 Å². The zero-order valence-corrected chi connectivity index (χ0v) is 19.2. The summed E-state index contributed by atoms with van der Waals surface area (Å²) >= 11 is 0. The molecule has 0 atom stereocenters. The van der Waals surface area contributed by atoms with Crippen molar-refractivity contribution in [3.05, 3.63) is 70.4 Å². The first-order valence-electron chi connectivity index (χ1n) is 11.7. The van der Waals surface area contributed by atoms with Gasteiger partial charge in [0.15, 0.2) is 0 Å². The van der Waals surface area contributed by atoms with Gasteiger partial charge in [-0.1, -0.05) is 36.4 Å². The molecule has 0 aromatic heterocycles. The molecule has 176 valence electrons. The fourth-order valence-electron chi connectivity index (χ4n) is 4.64. The number of aliphatic hydroxyl groups is 1. The van der Waals surface area contributed by atoms with Gasteiger partial charge in [-0.05, 0) is 47.4 Å². The van der Waals surface area contributed by atoms with Crippen LogP contribution in [0.5, 0.6) is 0 Å². The van der Waals surface area contributed by atoms with Crippen LogP contribution in [0.4, 0.5) is 4.39 Å². The fourth-order valence-corrected chi connectivity index (χ4v) is 4.64. The molecule has 0 radical (unpaired) electrons.